The molecule has 2 heterocycles. The number of ether oxygens (including phenoxy) is 1. The summed E-state index contributed by atoms with van der Waals surface area (Å²) >= 11 is 0. The van der Waals surface area contributed by atoms with Gasteiger partial charge in [-0.15, -0.1) is 17.5 Å². The molecule has 3 aromatic carbocycles. The maximum absolute atomic E-state index is 12.0. The predicted octanol–water partition coefficient (Wildman–Crippen LogP) is 13.7. The van der Waals surface area contributed by atoms with E-state index in [1.165, 1.54) is 33.5 Å². The number of carbonyl (C=O) groups excluding carboxylic acids is 1. The molecule has 0 aliphatic carbocycles. The molecule has 0 saturated heterocycles. The number of aromatic nitrogens is 1. The first-order chi connectivity index (χ1) is 23.6. The van der Waals surface area contributed by atoms with E-state index in [0.717, 1.165) is 72.1 Å². The summed E-state index contributed by atoms with van der Waals surface area (Å²) in [7, 11) is 0. The van der Waals surface area contributed by atoms with Gasteiger partial charge in [0.15, 0.2) is 5.78 Å². The first-order valence-corrected chi connectivity index (χ1v) is 19.2. The smallest absolute Gasteiger partial charge is 0.164 e. The molecule has 0 saturated carbocycles. The number of nitrogens with zero attached hydrogens (tertiary/aromatic N) is 1. The Morgan fingerprint density at radius 3 is 2.02 bits per heavy atom. The van der Waals surface area contributed by atoms with Crippen molar-refractivity contribution in [3.63, 3.8) is 0 Å². The van der Waals surface area contributed by atoms with Crippen LogP contribution in [0.2, 0.25) is 0 Å². The molecule has 1 aliphatic rings. The summed E-state index contributed by atoms with van der Waals surface area (Å²) in [4.78, 5) is 16.9. The van der Waals surface area contributed by atoms with Crippen LogP contribution in [0.15, 0.2) is 54.4 Å². The molecule has 52 heavy (non-hydrogen) atoms. The number of allylic oxidation sites excluding steroid dienone is 2. The topological polar surface area (TPSA) is 59.4 Å². The van der Waals surface area contributed by atoms with E-state index in [0.29, 0.717) is 0 Å². The predicted molar refractivity (Wildman–Crippen MR) is 217 cm³/mol. The number of ketones is 1. The van der Waals surface area contributed by atoms with Gasteiger partial charge in [-0.1, -0.05) is 137 Å². The SMILES string of the molecule is CC(C)(C)Cc1cc2c3c(nccc3c1)-c1[c-]c3ccc(C(C)(C)C)cc3c(CC(C)(C)C)c1O2.CCC(CC)/C(O)=C/C(=O)C(C)(CC)CC.[Ir]. The zero-order valence-electron chi connectivity index (χ0n) is 34.5. The van der Waals surface area contributed by atoms with E-state index in [1.807, 2.05) is 40.8 Å². The van der Waals surface area contributed by atoms with Crippen molar-refractivity contribution < 1.29 is 34.7 Å². The van der Waals surface area contributed by atoms with Crippen LogP contribution < -0.4 is 4.74 Å². The Hall–Kier alpha value is -3.01. The standard InChI is InChI=1S/C33H38NO.C14H26O2.Ir/c1-31(2,3)18-20-14-22-12-13-34-29-25-16-21-10-11-23(33(7,8)9)17-24(21)26(19-32(4,5)6)30(25)35-27(15-20)28(22)29;1-6-11(7-2)12(15)10-13(16)14(5,8-3)9-4;/h10-15,17H,18-19H2,1-9H3;10-11,15H,6-9H2,1-5H3;/q-1;;/b;12-10-;. The first kappa shape index (κ1) is 43.4. The Morgan fingerprint density at radius 2 is 1.48 bits per heavy atom. The van der Waals surface area contributed by atoms with Crippen molar-refractivity contribution in [2.45, 2.75) is 141 Å². The Morgan fingerprint density at radius 1 is 0.865 bits per heavy atom. The van der Waals surface area contributed by atoms with Crippen molar-refractivity contribution in [3.05, 3.63) is 77.2 Å². The third-order valence-corrected chi connectivity index (χ3v) is 10.6. The number of aliphatic hydroxyl groups is 1. The van der Waals surface area contributed by atoms with Crippen molar-refractivity contribution in [2.75, 3.05) is 0 Å². The summed E-state index contributed by atoms with van der Waals surface area (Å²) in [6.07, 6.45) is 8.68. The van der Waals surface area contributed by atoms with Gasteiger partial charge in [0.2, 0.25) is 0 Å². The molecule has 0 bridgehead atoms. The van der Waals surface area contributed by atoms with Gasteiger partial charge >= 0.3 is 0 Å². The minimum absolute atomic E-state index is 0. The molecule has 4 nitrogen and oxygen atoms in total. The molecule has 0 atom stereocenters. The van der Waals surface area contributed by atoms with E-state index in [1.54, 1.807) is 0 Å². The van der Waals surface area contributed by atoms with Crippen LogP contribution >= 0.6 is 0 Å². The van der Waals surface area contributed by atoms with E-state index in [9.17, 15) is 9.90 Å². The number of fused-ring (bicyclic) bond motifs is 3. The van der Waals surface area contributed by atoms with Crippen LogP contribution in [0.25, 0.3) is 32.8 Å². The molecule has 0 fully saturated rings. The minimum Gasteiger partial charge on any atom is -0.512 e. The largest absolute Gasteiger partial charge is 0.512 e. The summed E-state index contributed by atoms with van der Waals surface area (Å²) in [6.45, 7) is 30.6. The second-order valence-corrected chi connectivity index (χ2v) is 18.5. The number of rotatable bonds is 9. The molecule has 5 heteroatoms. The number of aliphatic hydroxyl groups excluding tert-OH is 1. The van der Waals surface area contributed by atoms with Gasteiger partial charge in [-0.25, -0.2) is 0 Å². The number of pyridine rings is 1. The summed E-state index contributed by atoms with van der Waals surface area (Å²) in [6, 6.07) is 17.2. The van der Waals surface area contributed by atoms with Crippen molar-refractivity contribution in [1.29, 1.82) is 0 Å². The van der Waals surface area contributed by atoms with E-state index in [4.69, 9.17) is 9.72 Å². The zero-order valence-corrected chi connectivity index (χ0v) is 36.9. The van der Waals surface area contributed by atoms with Crippen LogP contribution in [0.1, 0.15) is 139 Å². The molecule has 1 N–H and O–H groups in total. The molecule has 1 aliphatic heterocycles. The fourth-order valence-electron chi connectivity index (χ4n) is 6.98. The summed E-state index contributed by atoms with van der Waals surface area (Å²) in [5, 5.41) is 14.5. The molecule has 0 amide bonds. The van der Waals surface area contributed by atoms with Gasteiger partial charge in [0.25, 0.3) is 0 Å². The number of hydrogen-bond donors (Lipinski definition) is 1. The normalized spacial score (nSPS) is 13.3. The van der Waals surface area contributed by atoms with E-state index in [2.05, 4.69) is 105 Å². The third-order valence-electron chi connectivity index (χ3n) is 10.6. The van der Waals surface area contributed by atoms with Crippen LogP contribution in [-0.4, -0.2) is 15.9 Å². The molecular weight excluding hydrogens is 819 g/mol. The molecule has 5 rings (SSSR count). The van der Waals surface area contributed by atoms with E-state index < -0.39 is 0 Å². The Balaban J connectivity index is 0.000000366. The Labute approximate surface area is 328 Å². The third kappa shape index (κ3) is 9.94. The van der Waals surface area contributed by atoms with Crippen LogP contribution in [0, 0.1) is 28.2 Å². The van der Waals surface area contributed by atoms with Crippen LogP contribution in [0.5, 0.6) is 11.5 Å². The quantitative estimate of drug-likeness (QED) is 0.0910. The zero-order chi connectivity index (χ0) is 38.1. The van der Waals surface area contributed by atoms with Crippen LogP contribution in [0.3, 0.4) is 0 Å². The number of carbonyl (C=O) groups is 1. The molecule has 0 spiro atoms. The Kier molecular flexibility index (Phi) is 13.8. The van der Waals surface area contributed by atoms with Gasteiger partial charge < -0.3 is 9.84 Å². The first-order valence-electron chi connectivity index (χ1n) is 19.2. The summed E-state index contributed by atoms with van der Waals surface area (Å²) < 4.78 is 6.84. The second-order valence-electron chi connectivity index (χ2n) is 18.5. The van der Waals surface area contributed by atoms with Gasteiger partial charge in [0.05, 0.1) is 11.5 Å². The molecule has 1 radical (unpaired) electrons. The molecule has 1 aromatic heterocycles. The fraction of sp³-hybridized carbons (Fsp3) is 0.532. The Bertz CT molecular complexity index is 1910. The summed E-state index contributed by atoms with van der Waals surface area (Å²) in [5.41, 5.74) is 5.93. The van der Waals surface area contributed by atoms with Crippen LogP contribution in [0.4, 0.5) is 0 Å². The number of benzene rings is 3. The minimum atomic E-state index is -0.319. The van der Waals surface area contributed by atoms with Crippen molar-refractivity contribution in [1.82, 2.24) is 4.98 Å². The van der Waals surface area contributed by atoms with Gasteiger partial charge in [0, 0.05) is 54.8 Å². The van der Waals surface area contributed by atoms with Crippen molar-refractivity contribution in [3.8, 4) is 22.8 Å². The average Bonchev–Trinajstić information content (AvgIpc) is 3.03. The van der Waals surface area contributed by atoms with E-state index >= 15 is 0 Å². The summed E-state index contributed by atoms with van der Waals surface area (Å²) in [5.74, 6) is 2.29. The molecule has 285 valence electrons. The van der Waals surface area contributed by atoms with Gasteiger partial charge in [-0.2, -0.15) is 0 Å². The van der Waals surface area contributed by atoms with Gasteiger partial charge in [-0.05, 0) is 77.9 Å². The fourth-order valence-corrected chi connectivity index (χ4v) is 6.98. The monoisotopic (exact) mass is 883 g/mol. The van der Waals surface area contributed by atoms with Gasteiger partial charge in [0.1, 0.15) is 5.75 Å². The van der Waals surface area contributed by atoms with E-state index in [-0.39, 0.29) is 59.2 Å². The molecular formula is C47H64IrNO3-. The van der Waals surface area contributed by atoms with Crippen LogP contribution in [-0.2, 0) is 43.2 Å². The van der Waals surface area contributed by atoms with Gasteiger partial charge in [-0.3, -0.25) is 9.78 Å². The average molecular weight is 883 g/mol. The maximum atomic E-state index is 12.0. The number of hydrogen-bond acceptors (Lipinski definition) is 4. The van der Waals surface area contributed by atoms with Crippen molar-refractivity contribution >= 4 is 27.3 Å². The molecule has 0 unspecified atom stereocenters. The molecule has 4 aromatic rings. The van der Waals surface area contributed by atoms with Crippen molar-refractivity contribution in [2.24, 2.45) is 22.2 Å². The maximum Gasteiger partial charge on any atom is 0.164 e. The second kappa shape index (κ2) is 16.6.